The summed E-state index contributed by atoms with van der Waals surface area (Å²) in [5, 5.41) is 2.87. The monoisotopic (exact) mass is 595 g/mol. The number of nitrogens with zero attached hydrogens (tertiary/aromatic N) is 2. The first kappa shape index (κ1) is 28.8. The van der Waals surface area contributed by atoms with Crippen LogP contribution in [0.15, 0.2) is 46.9 Å². The normalized spacial score (nSPS) is 13.5. The highest BCUT2D eigenvalue weighted by Crippen LogP contribution is 2.35. The number of rotatable bonds is 12. The molecule has 1 aliphatic rings. The Labute approximate surface area is 227 Å². The van der Waals surface area contributed by atoms with Gasteiger partial charge in [-0.1, -0.05) is 41.4 Å². The molecule has 0 saturated carbocycles. The molecule has 0 radical (unpaired) electrons. The molecule has 1 heterocycles. The van der Waals surface area contributed by atoms with Gasteiger partial charge in [0.1, 0.15) is 25.8 Å². The van der Waals surface area contributed by atoms with Crippen molar-refractivity contribution in [1.29, 1.82) is 0 Å². The van der Waals surface area contributed by atoms with Gasteiger partial charge in [0.05, 0.1) is 11.4 Å². The maximum atomic E-state index is 13.7. The van der Waals surface area contributed by atoms with Crippen LogP contribution in [0.3, 0.4) is 0 Å². The highest BCUT2D eigenvalue weighted by atomic mass is 79.9. The molecule has 0 aromatic heterocycles. The first-order valence-electron chi connectivity index (χ1n) is 12.4. The summed E-state index contributed by atoms with van der Waals surface area (Å²) in [5.41, 5.74) is 1.10. The standard InChI is InChI=1S/C26H34BrN3O6S/c1-4-6-12-28-26(32)19(3)29(17-20-8-7-9-21(27)15-20)25(31)18-30(37(33,34)5-2)22-10-11-23-24(16-22)36-14-13-35-23/h7-11,15-16,19H,4-6,12-14,17-18H2,1-3H3,(H,28,32)/t19-/m0/s1. The molecular formula is C26H34BrN3O6S. The Kier molecular flexibility index (Phi) is 10.2. The number of fused-ring (bicyclic) bond motifs is 1. The van der Waals surface area contributed by atoms with Crippen molar-refractivity contribution in [3.8, 4) is 11.5 Å². The molecule has 0 fully saturated rings. The number of carbonyl (C=O) groups excluding carboxylic acids is 2. The van der Waals surface area contributed by atoms with Crippen molar-refractivity contribution in [3.05, 3.63) is 52.5 Å². The molecular weight excluding hydrogens is 562 g/mol. The number of halogens is 1. The van der Waals surface area contributed by atoms with Crippen LogP contribution in [-0.4, -0.2) is 63.2 Å². The average molecular weight is 597 g/mol. The second-order valence-electron chi connectivity index (χ2n) is 8.71. The number of benzene rings is 2. The van der Waals surface area contributed by atoms with E-state index in [4.69, 9.17) is 9.47 Å². The van der Waals surface area contributed by atoms with Crippen LogP contribution in [0.4, 0.5) is 5.69 Å². The number of carbonyl (C=O) groups is 2. The highest BCUT2D eigenvalue weighted by molar-refractivity contribution is 9.10. The zero-order chi connectivity index (χ0) is 27.0. The van der Waals surface area contributed by atoms with Crippen molar-refractivity contribution in [1.82, 2.24) is 10.2 Å². The van der Waals surface area contributed by atoms with E-state index in [1.807, 2.05) is 31.2 Å². The minimum absolute atomic E-state index is 0.141. The van der Waals surface area contributed by atoms with E-state index in [0.717, 1.165) is 27.2 Å². The van der Waals surface area contributed by atoms with E-state index in [2.05, 4.69) is 21.2 Å². The van der Waals surface area contributed by atoms with Gasteiger partial charge in [0.15, 0.2) is 11.5 Å². The molecule has 3 rings (SSSR count). The SMILES string of the molecule is CCCCNC(=O)[C@H](C)N(Cc1cccc(Br)c1)C(=O)CN(c1ccc2c(c1)OCCO2)S(=O)(=O)CC. The lowest BCUT2D eigenvalue weighted by Gasteiger charge is -2.32. The maximum Gasteiger partial charge on any atom is 0.244 e. The predicted molar refractivity (Wildman–Crippen MR) is 146 cm³/mol. The van der Waals surface area contributed by atoms with E-state index in [9.17, 15) is 18.0 Å². The molecule has 0 aliphatic carbocycles. The smallest absolute Gasteiger partial charge is 0.244 e. The second-order valence-corrected chi connectivity index (χ2v) is 11.8. The molecule has 2 amide bonds. The summed E-state index contributed by atoms with van der Waals surface area (Å²) in [6, 6.07) is 11.4. The second kappa shape index (κ2) is 13.1. The molecule has 0 spiro atoms. The number of ether oxygens (including phenoxy) is 2. The fourth-order valence-corrected chi connectivity index (χ4v) is 5.36. The summed E-state index contributed by atoms with van der Waals surface area (Å²) in [6.07, 6.45) is 1.75. The lowest BCUT2D eigenvalue weighted by Crippen LogP contribution is -2.51. The lowest BCUT2D eigenvalue weighted by atomic mass is 10.1. The van der Waals surface area contributed by atoms with Gasteiger partial charge in [-0.05, 0) is 50.1 Å². The molecule has 0 bridgehead atoms. The highest BCUT2D eigenvalue weighted by Gasteiger charge is 2.31. The zero-order valence-corrected chi connectivity index (χ0v) is 23.8. The zero-order valence-electron chi connectivity index (χ0n) is 21.4. The minimum atomic E-state index is -3.83. The van der Waals surface area contributed by atoms with Gasteiger partial charge in [-0.2, -0.15) is 0 Å². The summed E-state index contributed by atoms with van der Waals surface area (Å²) < 4.78 is 39.3. The van der Waals surface area contributed by atoms with Gasteiger partial charge in [0, 0.05) is 23.6 Å². The fourth-order valence-electron chi connectivity index (χ4n) is 3.86. The Balaban J connectivity index is 1.92. The largest absolute Gasteiger partial charge is 0.486 e. The van der Waals surface area contributed by atoms with Crippen LogP contribution in [0.1, 0.15) is 39.2 Å². The molecule has 2 aromatic carbocycles. The molecule has 9 nitrogen and oxygen atoms in total. The number of nitrogens with one attached hydrogen (secondary N) is 1. The van der Waals surface area contributed by atoms with Crippen LogP contribution in [0.5, 0.6) is 11.5 Å². The van der Waals surface area contributed by atoms with E-state index in [0.29, 0.717) is 36.9 Å². The summed E-state index contributed by atoms with van der Waals surface area (Å²) >= 11 is 3.44. The third-order valence-corrected chi connectivity index (χ3v) is 8.27. The molecule has 0 unspecified atom stereocenters. The summed E-state index contributed by atoms with van der Waals surface area (Å²) in [7, 11) is -3.83. The van der Waals surface area contributed by atoms with Crippen LogP contribution < -0.4 is 19.1 Å². The quantitative estimate of drug-likeness (QED) is 0.375. The number of sulfonamides is 1. The Bertz CT molecular complexity index is 1210. The van der Waals surface area contributed by atoms with E-state index >= 15 is 0 Å². The molecule has 1 atom stereocenters. The average Bonchev–Trinajstić information content (AvgIpc) is 2.89. The molecule has 0 saturated heterocycles. The molecule has 1 N–H and O–H groups in total. The molecule has 2 aromatic rings. The molecule has 37 heavy (non-hydrogen) atoms. The van der Waals surface area contributed by atoms with Crippen LogP contribution in [0, 0.1) is 0 Å². The van der Waals surface area contributed by atoms with Crippen molar-refractivity contribution in [2.24, 2.45) is 0 Å². The minimum Gasteiger partial charge on any atom is -0.486 e. The van der Waals surface area contributed by atoms with Crippen LogP contribution in [0.25, 0.3) is 0 Å². The van der Waals surface area contributed by atoms with Gasteiger partial charge in [-0.3, -0.25) is 13.9 Å². The van der Waals surface area contributed by atoms with Gasteiger partial charge >= 0.3 is 0 Å². The van der Waals surface area contributed by atoms with Gasteiger partial charge in [-0.25, -0.2) is 8.42 Å². The van der Waals surface area contributed by atoms with Gasteiger partial charge in [0.25, 0.3) is 0 Å². The first-order valence-corrected chi connectivity index (χ1v) is 14.8. The van der Waals surface area contributed by atoms with Gasteiger partial charge in [0.2, 0.25) is 21.8 Å². The molecule has 11 heteroatoms. The molecule has 202 valence electrons. The maximum absolute atomic E-state index is 13.7. The Morgan fingerprint density at radius 1 is 1.08 bits per heavy atom. The lowest BCUT2D eigenvalue weighted by molar-refractivity contribution is -0.139. The number of anilines is 1. The third kappa shape index (κ3) is 7.61. The van der Waals surface area contributed by atoms with Crippen LogP contribution >= 0.6 is 15.9 Å². The molecule has 1 aliphatic heterocycles. The van der Waals surface area contributed by atoms with E-state index < -0.39 is 28.5 Å². The van der Waals surface area contributed by atoms with Crippen molar-refractivity contribution in [2.45, 2.75) is 46.2 Å². The van der Waals surface area contributed by atoms with Crippen LogP contribution in [-0.2, 0) is 26.2 Å². The van der Waals surface area contributed by atoms with E-state index in [-0.39, 0.29) is 18.2 Å². The number of unbranched alkanes of at least 4 members (excludes halogenated alkanes) is 1. The fraction of sp³-hybridized carbons (Fsp3) is 0.462. The van der Waals surface area contributed by atoms with Crippen molar-refractivity contribution in [3.63, 3.8) is 0 Å². The van der Waals surface area contributed by atoms with Crippen molar-refractivity contribution >= 4 is 43.5 Å². The van der Waals surface area contributed by atoms with Crippen molar-refractivity contribution in [2.75, 3.05) is 36.4 Å². The number of hydrogen-bond donors (Lipinski definition) is 1. The summed E-state index contributed by atoms with van der Waals surface area (Å²) in [5.74, 6) is -0.0509. The van der Waals surface area contributed by atoms with Crippen molar-refractivity contribution < 1.29 is 27.5 Å². The third-order valence-electron chi connectivity index (χ3n) is 6.03. The van der Waals surface area contributed by atoms with Crippen LogP contribution in [0.2, 0.25) is 0 Å². The predicted octanol–water partition coefficient (Wildman–Crippen LogP) is 3.71. The number of hydrogen-bond acceptors (Lipinski definition) is 6. The Morgan fingerprint density at radius 3 is 2.49 bits per heavy atom. The Hall–Kier alpha value is -2.79. The van der Waals surface area contributed by atoms with E-state index in [1.165, 1.54) is 11.8 Å². The number of amides is 2. The summed E-state index contributed by atoms with van der Waals surface area (Å²) in [4.78, 5) is 28.0. The summed E-state index contributed by atoms with van der Waals surface area (Å²) in [6.45, 7) is 6.14. The topological polar surface area (TPSA) is 105 Å². The first-order chi connectivity index (χ1) is 17.7. The van der Waals surface area contributed by atoms with Gasteiger partial charge < -0.3 is 19.7 Å². The van der Waals surface area contributed by atoms with Gasteiger partial charge in [-0.15, -0.1) is 0 Å². The Morgan fingerprint density at radius 2 is 1.81 bits per heavy atom. The van der Waals surface area contributed by atoms with E-state index in [1.54, 1.807) is 25.1 Å².